The number of carbonyl (C=O) groups excluding carboxylic acids is 1. The molecule has 0 bridgehead atoms. The molecule has 2 aliphatic rings. The number of nitrogens with one attached hydrogen (secondary N) is 2. The monoisotopic (exact) mass is 280 g/mol. The van der Waals surface area contributed by atoms with E-state index in [0.717, 1.165) is 31.5 Å². The van der Waals surface area contributed by atoms with Gasteiger partial charge in [-0.1, -0.05) is 0 Å². The number of hydrogen-bond acceptors (Lipinski definition) is 4. The van der Waals surface area contributed by atoms with Crippen molar-refractivity contribution >= 4 is 18.1 Å². The normalized spacial score (nSPS) is 18.6. The minimum absolute atomic E-state index is 0.0871. The third-order valence-electron chi connectivity index (χ3n) is 3.32. The zero-order valence-corrected chi connectivity index (χ0v) is 11.3. The van der Waals surface area contributed by atoms with Gasteiger partial charge in [0.25, 0.3) is 5.91 Å². The van der Waals surface area contributed by atoms with Crippen LogP contribution in [-0.2, 0) is 16.1 Å². The van der Waals surface area contributed by atoms with Gasteiger partial charge in [0.1, 0.15) is 0 Å². The van der Waals surface area contributed by atoms with Gasteiger partial charge in [0.05, 0.1) is 25.0 Å². The van der Waals surface area contributed by atoms with Gasteiger partial charge in [-0.3, -0.25) is 14.5 Å². The second kappa shape index (κ2) is 5.16. The van der Waals surface area contributed by atoms with Crippen molar-refractivity contribution in [1.29, 1.82) is 0 Å². The summed E-state index contributed by atoms with van der Waals surface area (Å²) in [6.45, 7) is 1.08. The van der Waals surface area contributed by atoms with Crippen LogP contribution in [0.3, 0.4) is 0 Å². The Balaban J connectivity index is 1.64. The van der Waals surface area contributed by atoms with Gasteiger partial charge in [0.2, 0.25) is 0 Å². The number of aromatic amines is 1. The van der Waals surface area contributed by atoms with E-state index in [1.807, 2.05) is 4.57 Å². The number of carbonyl (C=O) groups is 1. The number of ether oxygens (including phenoxy) is 1. The number of rotatable bonds is 4. The maximum Gasteiger partial charge on any atom is 0.250 e. The molecule has 0 unspecified atom stereocenters. The van der Waals surface area contributed by atoms with E-state index < -0.39 is 0 Å². The van der Waals surface area contributed by atoms with Crippen molar-refractivity contribution in [3.8, 4) is 0 Å². The van der Waals surface area contributed by atoms with E-state index >= 15 is 0 Å². The van der Waals surface area contributed by atoms with Crippen molar-refractivity contribution in [3.05, 3.63) is 22.4 Å². The zero-order valence-electron chi connectivity index (χ0n) is 10.5. The summed E-state index contributed by atoms with van der Waals surface area (Å²) in [4.78, 5) is 11.9. The predicted octanol–water partition coefficient (Wildman–Crippen LogP) is 1.59. The molecule has 1 fully saturated rings. The molecule has 7 heteroatoms. The van der Waals surface area contributed by atoms with Gasteiger partial charge in [-0.2, -0.15) is 5.10 Å². The molecule has 1 aliphatic carbocycles. The Hall–Kier alpha value is -1.63. The first-order valence-corrected chi connectivity index (χ1v) is 6.91. The quantitative estimate of drug-likeness (QED) is 0.822. The minimum Gasteiger partial charge on any atom is -0.501 e. The number of nitrogens with zero attached hydrogens (tertiary/aromatic N) is 2. The lowest BCUT2D eigenvalue weighted by atomic mass is 10.1. The molecule has 0 aromatic carbocycles. The summed E-state index contributed by atoms with van der Waals surface area (Å²) in [6, 6.07) is 0.454. The summed E-state index contributed by atoms with van der Waals surface area (Å²) in [5.41, 5.74) is 0.693. The van der Waals surface area contributed by atoms with Gasteiger partial charge >= 0.3 is 0 Å². The molecular formula is C12H16N4O2S. The van der Waals surface area contributed by atoms with Crippen molar-refractivity contribution < 1.29 is 9.53 Å². The first-order valence-electron chi connectivity index (χ1n) is 6.50. The molecule has 3 rings (SSSR count). The molecule has 1 saturated carbocycles. The second-order valence-corrected chi connectivity index (χ2v) is 5.23. The molecular weight excluding hydrogens is 264 g/mol. The highest BCUT2D eigenvalue weighted by Crippen LogP contribution is 2.35. The Morgan fingerprint density at radius 1 is 1.63 bits per heavy atom. The first kappa shape index (κ1) is 12.4. The minimum atomic E-state index is -0.0871. The Kier molecular flexibility index (Phi) is 3.37. The maximum absolute atomic E-state index is 11.9. The van der Waals surface area contributed by atoms with E-state index in [9.17, 15) is 4.79 Å². The highest BCUT2D eigenvalue weighted by molar-refractivity contribution is 7.71. The van der Waals surface area contributed by atoms with Crippen LogP contribution in [0.15, 0.2) is 11.8 Å². The highest BCUT2D eigenvalue weighted by atomic mass is 32.1. The SMILES string of the molecule is O=C(NCc1n[nH]c(=S)n1C1CC1)C1=COCCC1. The van der Waals surface area contributed by atoms with Crippen LogP contribution in [0.1, 0.15) is 37.5 Å². The summed E-state index contributed by atoms with van der Waals surface area (Å²) < 4.78 is 7.80. The van der Waals surface area contributed by atoms with E-state index in [1.165, 1.54) is 0 Å². The van der Waals surface area contributed by atoms with Gasteiger partial charge in [0, 0.05) is 6.04 Å². The Morgan fingerprint density at radius 3 is 3.16 bits per heavy atom. The van der Waals surface area contributed by atoms with Gasteiger partial charge in [0.15, 0.2) is 10.6 Å². The molecule has 0 saturated heterocycles. The summed E-state index contributed by atoms with van der Waals surface area (Å²) in [7, 11) is 0. The standard InChI is InChI=1S/C12H16N4O2S/c17-11(8-2-1-5-18-7-8)13-6-10-14-15-12(19)16(10)9-3-4-9/h7,9H,1-6H2,(H,13,17)(H,15,19). The Labute approximate surface area is 115 Å². The summed E-state index contributed by atoms with van der Waals surface area (Å²) in [5.74, 6) is 0.703. The van der Waals surface area contributed by atoms with Crippen LogP contribution in [0.4, 0.5) is 0 Å². The fourth-order valence-electron chi connectivity index (χ4n) is 2.18. The molecule has 0 spiro atoms. The van der Waals surface area contributed by atoms with Crippen LogP contribution >= 0.6 is 12.2 Å². The smallest absolute Gasteiger partial charge is 0.250 e. The van der Waals surface area contributed by atoms with Gasteiger partial charge in [-0.25, -0.2) is 0 Å². The van der Waals surface area contributed by atoms with Gasteiger partial charge in [-0.05, 0) is 37.9 Å². The summed E-state index contributed by atoms with van der Waals surface area (Å²) in [5, 5.41) is 9.83. The Morgan fingerprint density at radius 2 is 2.47 bits per heavy atom. The molecule has 19 heavy (non-hydrogen) atoms. The molecule has 0 atom stereocenters. The van der Waals surface area contributed by atoms with Crippen LogP contribution in [0, 0.1) is 4.77 Å². The van der Waals surface area contributed by atoms with Crippen molar-refractivity contribution in [2.45, 2.75) is 38.3 Å². The van der Waals surface area contributed by atoms with E-state index in [2.05, 4.69) is 15.5 Å². The first-order chi connectivity index (χ1) is 9.25. The molecule has 1 aromatic heterocycles. The molecule has 1 amide bonds. The number of amides is 1. The highest BCUT2D eigenvalue weighted by Gasteiger charge is 2.27. The second-order valence-electron chi connectivity index (χ2n) is 4.85. The average Bonchev–Trinajstić information content (AvgIpc) is 3.21. The third-order valence-corrected chi connectivity index (χ3v) is 3.61. The summed E-state index contributed by atoms with van der Waals surface area (Å²) in [6.07, 6.45) is 5.47. The average molecular weight is 280 g/mol. The predicted molar refractivity (Wildman–Crippen MR) is 70.8 cm³/mol. The molecule has 1 aromatic rings. The van der Waals surface area contributed by atoms with Crippen LogP contribution in [-0.4, -0.2) is 27.3 Å². The molecule has 0 radical (unpaired) electrons. The van der Waals surface area contributed by atoms with Crippen molar-refractivity contribution in [1.82, 2.24) is 20.1 Å². The molecule has 1 aliphatic heterocycles. The lowest BCUT2D eigenvalue weighted by molar-refractivity contribution is -0.118. The zero-order chi connectivity index (χ0) is 13.2. The number of hydrogen-bond donors (Lipinski definition) is 2. The summed E-state index contributed by atoms with van der Waals surface area (Å²) >= 11 is 5.19. The van der Waals surface area contributed by atoms with Crippen LogP contribution in [0.25, 0.3) is 0 Å². The van der Waals surface area contributed by atoms with Crippen LogP contribution in [0.2, 0.25) is 0 Å². The topological polar surface area (TPSA) is 71.9 Å². The number of H-pyrrole nitrogens is 1. The van der Waals surface area contributed by atoms with E-state index in [4.69, 9.17) is 17.0 Å². The number of aromatic nitrogens is 3. The van der Waals surface area contributed by atoms with E-state index in [0.29, 0.717) is 29.5 Å². The van der Waals surface area contributed by atoms with Gasteiger partial charge in [-0.15, -0.1) is 0 Å². The van der Waals surface area contributed by atoms with E-state index in [1.54, 1.807) is 6.26 Å². The maximum atomic E-state index is 11.9. The molecule has 6 nitrogen and oxygen atoms in total. The largest absolute Gasteiger partial charge is 0.501 e. The lowest BCUT2D eigenvalue weighted by Crippen LogP contribution is -2.27. The van der Waals surface area contributed by atoms with Crippen LogP contribution in [0.5, 0.6) is 0 Å². The lowest BCUT2D eigenvalue weighted by Gasteiger charge is -2.13. The van der Waals surface area contributed by atoms with E-state index in [-0.39, 0.29) is 5.91 Å². The van der Waals surface area contributed by atoms with Crippen LogP contribution < -0.4 is 5.32 Å². The Bertz CT molecular complexity index is 571. The third kappa shape index (κ3) is 2.70. The molecule has 2 heterocycles. The fraction of sp³-hybridized carbons (Fsp3) is 0.583. The van der Waals surface area contributed by atoms with Gasteiger partial charge < -0.3 is 10.1 Å². The van der Waals surface area contributed by atoms with Crippen molar-refractivity contribution in [3.63, 3.8) is 0 Å². The fourth-order valence-corrected chi connectivity index (χ4v) is 2.48. The molecule has 2 N–H and O–H groups in total. The van der Waals surface area contributed by atoms with Crippen molar-refractivity contribution in [2.24, 2.45) is 0 Å². The van der Waals surface area contributed by atoms with Crippen molar-refractivity contribution in [2.75, 3.05) is 6.61 Å². The molecule has 102 valence electrons.